The van der Waals surface area contributed by atoms with Crippen molar-refractivity contribution < 1.29 is 14.3 Å². The summed E-state index contributed by atoms with van der Waals surface area (Å²) in [7, 11) is 0. The number of carbonyl (C=O) groups excluding carboxylic acids is 2. The SMILES string of the molecule is CCOC(=O)C=Cc1ccc(N[C@@H]2CCN(C(=O)c3ccc(Cl)cc3)C2)cc1. The second kappa shape index (κ2) is 9.42. The highest BCUT2D eigenvalue weighted by molar-refractivity contribution is 6.30. The molecule has 6 heteroatoms. The van der Waals surface area contributed by atoms with Gasteiger partial charge in [-0.25, -0.2) is 4.79 Å². The Morgan fingerprint density at radius 2 is 1.89 bits per heavy atom. The second-order valence-corrected chi connectivity index (χ2v) is 7.03. The van der Waals surface area contributed by atoms with Crippen LogP contribution in [0.1, 0.15) is 29.3 Å². The Morgan fingerprint density at radius 1 is 1.18 bits per heavy atom. The molecule has 1 aliphatic heterocycles. The molecule has 1 atom stereocenters. The third kappa shape index (κ3) is 5.36. The number of amides is 1. The van der Waals surface area contributed by atoms with Gasteiger partial charge in [-0.3, -0.25) is 4.79 Å². The summed E-state index contributed by atoms with van der Waals surface area (Å²) in [5.74, 6) is -0.318. The summed E-state index contributed by atoms with van der Waals surface area (Å²) in [6, 6.07) is 15.0. The van der Waals surface area contributed by atoms with Gasteiger partial charge in [0.05, 0.1) is 6.61 Å². The van der Waals surface area contributed by atoms with Crippen LogP contribution in [0.15, 0.2) is 54.6 Å². The first kappa shape index (κ1) is 20.0. The molecule has 28 heavy (non-hydrogen) atoms. The summed E-state index contributed by atoms with van der Waals surface area (Å²) < 4.78 is 4.87. The minimum atomic E-state index is -0.346. The van der Waals surface area contributed by atoms with Gasteiger partial charge >= 0.3 is 5.97 Å². The van der Waals surface area contributed by atoms with E-state index >= 15 is 0 Å². The molecule has 0 unspecified atom stereocenters. The van der Waals surface area contributed by atoms with Crippen LogP contribution in [-0.4, -0.2) is 42.5 Å². The number of carbonyl (C=O) groups is 2. The van der Waals surface area contributed by atoms with Crippen molar-refractivity contribution in [2.75, 3.05) is 25.0 Å². The van der Waals surface area contributed by atoms with E-state index in [4.69, 9.17) is 16.3 Å². The van der Waals surface area contributed by atoms with E-state index in [1.54, 1.807) is 37.3 Å². The van der Waals surface area contributed by atoms with Gasteiger partial charge < -0.3 is 15.0 Å². The van der Waals surface area contributed by atoms with Crippen LogP contribution in [0, 0.1) is 0 Å². The first-order chi connectivity index (χ1) is 13.5. The zero-order valence-electron chi connectivity index (χ0n) is 15.7. The molecule has 146 valence electrons. The Kier molecular flexibility index (Phi) is 6.71. The van der Waals surface area contributed by atoms with Crippen LogP contribution < -0.4 is 5.32 Å². The molecule has 2 aromatic rings. The molecule has 2 aromatic carbocycles. The highest BCUT2D eigenvalue weighted by Gasteiger charge is 2.26. The lowest BCUT2D eigenvalue weighted by molar-refractivity contribution is -0.137. The maximum Gasteiger partial charge on any atom is 0.330 e. The van der Waals surface area contributed by atoms with E-state index in [2.05, 4.69) is 5.32 Å². The molecular formula is C22H23ClN2O3. The molecule has 1 aliphatic rings. The summed E-state index contributed by atoms with van der Waals surface area (Å²) in [6.45, 7) is 3.52. The first-order valence-electron chi connectivity index (χ1n) is 9.31. The standard InChI is InChI=1S/C22H23ClN2O3/c1-2-28-21(26)12-5-16-3-10-19(11-4-16)24-20-13-14-25(15-20)22(27)17-6-8-18(23)9-7-17/h3-12,20,24H,2,13-15H2,1H3/t20-/m1/s1. The van der Waals surface area contributed by atoms with E-state index in [1.165, 1.54) is 6.08 Å². The molecule has 1 amide bonds. The highest BCUT2D eigenvalue weighted by Crippen LogP contribution is 2.20. The van der Waals surface area contributed by atoms with Crippen LogP contribution in [0.25, 0.3) is 6.08 Å². The monoisotopic (exact) mass is 398 g/mol. The Balaban J connectivity index is 1.53. The zero-order chi connectivity index (χ0) is 19.9. The zero-order valence-corrected chi connectivity index (χ0v) is 16.5. The fourth-order valence-corrected chi connectivity index (χ4v) is 3.24. The lowest BCUT2D eigenvalue weighted by atomic mass is 10.1. The van der Waals surface area contributed by atoms with Crippen LogP contribution in [0.4, 0.5) is 5.69 Å². The average molecular weight is 399 g/mol. The van der Waals surface area contributed by atoms with Crippen molar-refractivity contribution in [2.24, 2.45) is 0 Å². The number of likely N-dealkylation sites (tertiary alicyclic amines) is 1. The third-order valence-electron chi connectivity index (χ3n) is 4.55. The fourth-order valence-electron chi connectivity index (χ4n) is 3.12. The number of benzene rings is 2. The summed E-state index contributed by atoms with van der Waals surface area (Å²) in [5.41, 5.74) is 2.56. The maximum atomic E-state index is 12.6. The highest BCUT2D eigenvalue weighted by atomic mass is 35.5. The smallest absolute Gasteiger partial charge is 0.330 e. The van der Waals surface area contributed by atoms with Gasteiger partial charge in [0.2, 0.25) is 0 Å². The van der Waals surface area contributed by atoms with Crippen molar-refractivity contribution in [3.63, 3.8) is 0 Å². The van der Waals surface area contributed by atoms with E-state index in [0.29, 0.717) is 23.7 Å². The molecule has 1 fully saturated rings. The van der Waals surface area contributed by atoms with Crippen molar-refractivity contribution in [1.82, 2.24) is 4.90 Å². The molecule has 0 bridgehead atoms. The van der Waals surface area contributed by atoms with Crippen molar-refractivity contribution in [1.29, 1.82) is 0 Å². The fraction of sp³-hybridized carbons (Fsp3) is 0.273. The van der Waals surface area contributed by atoms with Crippen molar-refractivity contribution in [3.05, 3.63) is 70.8 Å². The first-order valence-corrected chi connectivity index (χ1v) is 9.69. The number of nitrogens with one attached hydrogen (secondary N) is 1. The van der Waals surface area contributed by atoms with Gasteiger partial charge in [-0.1, -0.05) is 23.7 Å². The molecule has 0 aromatic heterocycles. The molecule has 0 aliphatic carbocycles. The van der Waals surface area contributed by atoms with E-state index in [-0.39, 0.29) is 17.9 Å². The quantitative estimate of drug-likeness (QED) is 0.584. The number of hydrogen-bond donors (Lipinski definition) is 1. The van der Waals surface area contributed by atoms with Crippen LogP contribution in [0.5, 0.6) is 0 Å². The largest absolute Gasteiger partial charge is 0.463 e. The molecular weight excluding hydrogens is 376 g/mol. The van der Waals surface area contributed by atoms with E-state index in [0.717, 1.165) is 24.2 Å². The minimum absolute atomic E-state index is 0.0282. The van der Waals surface area contributed by atoms with Gasteiger partial charge in [0, 0.05) is 41.5 Å². The van der Waals surface area contributed by atoms with Crippen LogP contribution >= 0.6 is 11.6 Å². The molecule has 1 N–H and O–H groups in total. The van der Waals surface area contributed by atoms with Crippen LogP contribution in [0.3, 0.4) is 0 Å². The van der Waals surface area contributed by atoms with Crippen molar-refractivity contribution in [2.45, 2.75) is 19.4 Å². The molecule has 0 saturated carbocycles. The molecule has 5 nitrogen and oxygen atoms in total. The number of hydrogen-bond acceptors (Lipinski definition) is 4. The normalized spacial score (nSPS) is 16.4. The maximum absolute atomic E-state index is 12.6. The minimum Gasteiger partial charge on any atom is -0.463 e. The number of ether oxygens (including phenoxy) is 1. The van der Waals surface area contributed by atoms with Gasteiger partial charge in [-0.15, -0.1) is 0 Å². The van der Waals surface area contributed by atoms with E-state index in [9.17, 15) is 9.59 Å². The number of anilines is 1. The summed E-state index contributed by atoms with van der Waals surface area (Å²) >= 11 is 5.89. The third-order valence-corrected chi connectivity index (χ3v) is 4.80. The topological polar surface area (TPSA) is 58.6 Å². The number of esters is 1. The second-order valence-electron chi connectivity index (χ2n) is 6.60. The van der Waals surface area contributed by atoms with Crippen molar-refractivity contribution >= 4 is 35.2 Å². The van der Waals surface area contributed by atoms with Gasteiger partial charge in [-0.05, 0) is 61.4 Å². The van der Waals surface area contributed by atoms with Gasteiger partial charge in [0.1, 0.15) is 0 Å². The van der Waals surface area contributed by atoms with Crippen LogP contribution in [-0.2, 0) is 9.53 Å². The summed E-state index contributed by atoms with van der Waals surface area (Å²) in [5, 5.41) is 4.09. The van der Waals surface area contributed by atoms with Gasteiger partial charge in [-0.2, -0.15) is 0 Å². The average Bonchev–Trinajstić information content (AvgIpc) is 3.16. The molecule has 3 rings (SSSR count). The van der Waals surface area contributed by atoms with Crippen molar-refractivity contribution in [3.8, 4) is 0 Å². The Bertz CT molecular complexity index is 847. The predicted octanol–water partition coefficient (Wildman–Crippen LogP) is 4.24. The Hall–Kier alpha value is -2.79. The van der Waals surface area contributed by atoms with E-state index < -0.39 is 0 Å². The number of nitrogens with zero attached hydrogens (tertiary/aromatic N) is 1. The lowest BCUT2D eigenvalue weighted by Gasteiger charge is -2.18. The number of halogens is 1. The van der Waals surface area contributed by atoms with Gasteiger partial charge in [0.25, 0.3) is 5.91 Å². The molecule has 0 spiro atoms. The Labute approximate surface area is 169 Å². The molecule has 1 heterocycles. The molecule has 1 saturated heterocycles. The Morgan fingerprint density at radius 3 is 2.57 bits per heavy atom. The van der Waals surface area contributed by atoms with Gasteiger partial charge in [0.15, 0.2) is 0 Å². The summed E-state index contributed by atoms with van der Waals surface area (Å²) in [6.07, 6.45) is 4.04. The number of rotatable bonds is 6. The predicted molar refractivity (Wildman–Crippen MR) is 111 cm³/mol. The van der Waals surface area contributed by atoms with E-state index in [1.807, 2.05) is 29.2 Å². The lowest BCUT2D eigenvalue weighted by Crippen LogP contribution is -2.31. The molecule has 0 radical (unpaired) electrons. The summed E-state index contributed by atoms with van der Waals surface area (Å²) in [4.78, 5) is 25.8. The van der Waals surface area contributed by atoms with Crippen LogP contribution in [0.2, 0.25) is 5.02 Å².